The van der Waals surface area contributed by atoms with Crippen LogP contribution in [0.1, 0.15) is 39.3 Å². The zero-order chi connectivity index (χ0) is 19.8. The summed E-state index contributed by atoms with van der Waals surface area (Å²) < 4.78 is 11.5. The number of esters is 2. The highest BCUT2D eigenvalue weighted by atomic mass is 16.5. The standard InChI is InChI=1S/C20H23N3O4/c1-5-26-17(24)12-14(3)19-21-20(15(4)13-18(25)27-6-2)23(22-19)16-10-8-7-9-11-16/h7-13H,5-6H2,1-4H3/b14-12+,15-13+. The van der Waals surface area contributed by atoms with E-state index in [2.05, 4.69) is 10.1 Å². The van der Waals surface area contributed by atoms with Crippen LogP contribution in [-0.2, 0) is 19.1 Å². The van der Waals surface area contributed by atoms with E-state index < -0.39 is 11.9 Å². The first-order valence-electron chi connectivity index (χ1n) is 8.69. The lowest BCUT2D eigenvalue weighted by atomic mass is 10.2. The number of aromatic nitrogens is 3. The first-order valence-corrected chi connectivity index (χ1v) is 8.69. The van der Waals surface area contributed by atoms with E-state index in [4.69, 9.17) is 9.47 Å². The highest BCUT2D eigenvalue weighted by molar-refractivity contribution is 5.91. The molecule has 0 amide bonds. The quantitative estimate of drug-likeness (QED) is 0.550. The number of carbonyl (C=O) groups excluding carboxylic acids is 2. The average molecular weight is 369 g/mol. The van der Waals surface area contributed by atoms with Crippen LogP contribution >= 0.6 is 0 Å². The lowest BCUT2D eigenvalue weighted by Crippen LogP contribution is -2.04. The number of rotatable bonds is 7. The summed E-state index contributed by atoms with van der Waals surface area (Å²) >= 11 is 0. The van der Waals surface area contributed by atoms with Crippen molar-refractivity contribution >= 4 is 23.1 Å². The fourth-order valence-electron chi connectivity index (χ4n) is 2.33. The molecule has 1 heterocycles. The van der Waals surface area contributed by atoms with Crippen molar-refractivity contribution in [2.24, 2.45) is 0 Å². The molecule has 1 aromatic heterocycles. The Bertz CT molecular complexity index is 867. The second-order valence-electron chi connectivity index (χ2n) is 5.67. The Morgan fingerprint density at radius 2 is 1.52 bits per heavy atom. The molecule has 0 aliphatic carbocycles. The minimum Gasteiger partial charge on any atom is -0.463 e. The fourth-order valence-corrected chi connectivity index (χ4v) is 2.33. The lowest BCUT2D eigenvalue weighted by molar-refractivity contribution is -0.138. The molecule has 0 spiro atoms. The number of allylic oxidation sites excluding steroid dienone is 2. The first-order chi connectivity index (χ1) is 13.0. The maximum Gasteiger partial charge on any atom is 0.331 e. The summed E-state index contributed by atoms with van der Waals surface area (Å²) in [6, 6.07) is 9.42. The maximum atomic E-state index is 11.8. The molecule has 27 heavy (non-hydrogen) atoms. The number of ether oxygens (including phenoxy) is 2. The summed E-state index contributed by atoms with van der Waals surface area (Å²) in [7, 11) is 0. The number of hydrogen-bond acceptors (Lipinski definition) is 6. The molecule has 0 N–H and O–H groups in total. The second-order valence-corrected chi connectivity index (χ2v) is 5.67. The van der Waals surface area contributed by atoms with Gasteiger partial charge in [-0.3, -0.25) is 0 Å². The van der Waals surface area contributed by atoms with E-state index in [1.165, 1.54) is 12.2 Å². The van der Waals surface area contributed by atoms with Gasteiger partial charge in [-0.15, -0.1) is 5.10 Å². The molecule has 2 rings (SSSR count). The van der Waals surface area contributed by atoms with Gasteiger partial charge in [0.2, 0.25) is 0 Å². The van der Waals surface area contributed by atoms with Crippen molar-refractivity contribution in [3.63, 3.8) is 0 Å². The molecule has 0 unspecified atom stereocenters. The van der Waals surface area contributed by atoms with E-state index in [0.29, 0.717) is 36.0 Å². The highest BCUT2D eigenvalue weighted by Gasteiger charge is 2.16. The van der Waals surface area contributed by atoms with Gasteiger partial charge in [0.05, 0.1) is 18.9 Å². The van der Waals surface area contributed by atoms with Crippen LogP contribution in [0, 0.1) is 0 Å². The van der Waals surface area contributed by atoms with E-state index in [0.717, 1.165) is 5.69 Å². The third kappa shape index (κ3) is 5.37. The minimum atomic E-state index is -0.452. The molecule has 142 valence electrons. The second kappa shape index (κ2) is 9.47. The SMILES string of the molecule is CCOC(=O)/C=C(\C)c1nc(/C(C)=C/C(=O)OCC)n(-c2ccccc2)n1. The Kier molecular flexibility index (Phi) is 7.05. The Hall–Kier alpha value is -3.22. The molecule has 0 aliphatic rings. The number of hydrogen-bond donors (Lipinski definition) is 0. The van der Waals surface area contributed by atoms with Crippen LogP contribution in [0.4, 0.5) is 0 Å². The van der Waals surface area contributed by atoms with Gasteiger partial charge in [0.1, 0.15) is 0 Å². The Morgan fingerprint density at radius 3 is 2.07 bits per heavy atom. The normalized spacial score (nSPS) is 12.0. The summed E-state index contributed by atoms with van der Waals surface area (Å²) in [5.74, 6) is -0.0382. The van der Waals surface area contributed by atoms with E-state index in [1.807, 2.05) is 30.3 Å². The van der Waals surface area contributed by atoms with Crippen LogP contribution in [0.15, 0.2) is 42.5 Å². The molecule has 7 heteroatoms. The van der Waals surface area contributed by atoms with Crippen molar-refractivity contribution in [2.45, 2.75) is 27.7 Å². The molecular weight excluding hydrogens is 346 g/mol. The van der Waals surface area contributed by atoms with Gasteiger partial charge < -0.3 is 9.47 Å². The molecule has 1 aromatic carbocycles. The zero-order valence-electron chi connectivity index (χ0n) is 15.9. The molecule has 0 atom stereocenters. The summed E-state index contributed by atoms with van der Waals surface area (Å²) in [5, 5.41) is 4.50. The summed E-state index contributed by atoms with van der Waals surface area (Å²) in [6.07, 6.45) is 2.73. The third-order valence-electron chi connectivity index (χ3n) is 3.56. The Labute approximate surface area is 158 Å². The third-order valence-corrected chi connectivity index (χ3v) is 3.56. The van der Waals surface area contributed by atoms with Crippen LogP contribution in [-0.4, -0.2) is 39.9 Å². The van der Waals surface area contributed by atoms with Crippen molar-refractivity contribution in [1.82, 2.24) is 14.8 Å². The van der Waals surface area contributed by atoms with E-state index in [1.54, 1.807) is 32.4 Å². The van der Waals surface area contributed by atoms with Gasteiger partial charge in [0.15, 0.2) is 11.6 Å². The molecule has 0 saturated heterocycles. The van der Waals surface area contributed by atoms with Crippen LogP contribution in [0.25, 0.3) is 16.8 Å². The van der Waals surface area contributed by atoms with Crippen LogP contribution in [0.2, 0.25) is 0 Å². The number of nitrogens with zero attached hydrogens (tertiary/aromatic N) is 3. The number of benzene rings is 1. The van der Waals surface area contributed by atoms with Gasteiger partial charge in [-0.1, -0.05) is 18.2 Å². The molecule has 7 nitrogen and oxygen atoms in total. The zero-order valence-corrected chi connectivity index (χ0v) is 15.9. The molecule has 0 radical (unpaired) electrons. The smallest absolute Gasteiger partial charge is 0.331 e. The molecule has 2 aromatic rings. The molecule has 0 aliphatic heterocycles. The van der Waals surface area contributed by atoms with Crippen LogP contribution in [0.3, 0.4) is 0 Å². The monoisotopic (exact) mass is 369 g/mol. The van der Waals surface area contributed by atoms with Gasteiger partial charge in [0, 0.05) is 23.3 Å². The predicted octanol–water partition coefficient (Wildman–Crippen LogP) is 3.20. The van der Waals surface area contributed by atoms with Crippen molar-refractivity contribution in [2.75, 3.05) is 13.2 Å². The van der Waals surface area contributed by atoms with E-state index in [-0.39, 0.29) is 0 Å². The topological polar surface area (TPSA) is 83.3 Å². The molecule has 0 bridgehead atoms. The number of para-hydroxylation sites is 1. The first kappa shape index (κ1) is 20.1. The largest absolute Gasteiger partial charge is 0.463 e. The fraction of sp³-hybridized carbons (Fsp3) is 0.300. The number of carbonyl (C=O) groups is 2. The van der Waals surface area contributed by atoms with Gasteiger partial charge in [-0.2, -0.15) is 0 Å². The van der Waals surface area contributed by atoms with Crippen molar-refractivity contribution in [1.29, 1.82) is 0 Å². The van der Waals surface area contributed by atoms with E-state index >= 15 is 0 Å². The average Bonchev–Trinajstić information content (AvgIpc) is 3.08. The maximum absolute atomic E-state index is 11.8. The lowest BCUT2D eigenvalue weighted by Gasteiger charge is -2.05. The van der Waals surface area contributed by atoms with Crippen molar-refractivity contribution in [3.8, 4) is 5.69 Å². The molecule has 0 saturated carbocycles. The Morgan fingerprint density at radius 1 is 0.963 bits per heavy atom. The van der Waals surface area contributed by atoms with Crippen LogP contribution < -0.4 is 0 Å². The van der Waals surface area contributed by atoms with Gasteiger partial charge in [-0.05, 0) is 39.8 Å². The predicted molar refractivity (Wildman–Crippen MR) is 102 cm³/mol. The van der Waals surface area contributed by atoms with Gasteiger partial charge >= 0.3 is 11.9 Å². The van der Waals surface area contributed by atoms with E-state index in [9.17, 15) is 9.59 Å². The van der Waals surface area contributed by atoms with Crippen molar-refractivity contribution < 1.29 is 19.1 Å². The summed E-state index contributed by atoms with van der Waals surface area (Å²) in [5.41, 5.74) is 1.94. The van der Waals surface area contributed by atoms with Crippen LogP contribution in [0.5, 0.6) is 0 Å². The Balaban J connectivity index is 2.49. The highest BCUT2D eigenvalue weighted by Crippen LogP contribution is 2.20. The molecule has 0 fully saturated rings. The summed E-state index contributed by atoms with van der Waals surface area (Å²) in [4.78, 5) is 28.0. The van der Waals surface area contributed by atoms with Gasteiger partial charge in [0.25, 0.3) is 0 Å². The molecular formula is C20H23N3O4. The summed E-state index contributed by atoms with van der Waals surface area (Å²) in [6.45, 7) is 7.56. The van der Waals surface area contributed by atoms with Crippen molar-refractivity contribution in [3.05, 3.63) is 54.1 Å². The minimum absolute atomic E-state index is 0.292. The van der Waals surface area contributed by atoms with Gasteiger partial charge in [-0.25, -0.2) is 19.3 Å².